The van der Waals surface area contributed by atoms with Crippen molar-refractivity contribution in [3.05, 3.63) is 50.3 Å². The molecule has 0 aliphatic rings. The van der Waals surface area contributed by atoms with E-state index in [1.165, 1.54) is 25.1 Å². The van der Waals surface area contributed by atoms with Crippen LogP contribution in [0.15, 0.2) is 24.4 Å². The molecule has 0 bridgehead atoms. The molecule has 132 valence electrons. The minimum Gasteiger partial charge on any atom is -0.494 e. The number of anilines is 1. The molecule has 0 aliphatic carbocycles. The van der Waals surface area contributed by atoms with Crippen molar-refractivity contribution in [3.8, 4) is 5.75 Å². The SMILES string of the molecule is CCOc1ccc(NC(=O)Cn2ncc([N+](=O)[O-])c2C)c([N+](=O)[O-])c1. The summed E-state index contributed by atoms with van der Waals surface area (Å²) in [6.45, 7) is 3.23. The lowest BCUT2D eigenvalue weighted by Gasteiger charge is -2.09. The van der Waals surface area contributed by atoms with Crippen molar-refractivity contribution in [2.45, 2.75) is 20.4 Å². The molecule has 0 fully saturated rings. The van der Waals surface area contributed by atoms with E-state index in [2.05, 4.69) is 10.4 Å². The summed E-state index contributed by atoms with van der Waals surface area (Å²) in [5, 5.41) is 28.1. The van der Waals surface area contributed by atoms with Crippen LogP contribution < -0.4 is 10.1 Å². The molecule has 0 atom stereocenters. The van der Waals surface area contributed by atoms with Gasteiger partial charge in [-0.3, -0.25) is 29.7 Å². The molecule has 0 radical (unpaired) electrons. The maximum atomic E-state index is 12.1. The zero-order valence-electron chi connectivity index (χ0n) is 13.5. The van der Waals surface area contributed by atoms with Gasteiger partial charge in [0.25, 0.3) is 5.69 Å². The number of aromatic nitrogens is 2. The van der Waals surface area contributed by atoms with Crippen LogP contribution in [0.4, 0.5) is 17.1 Å². The summed E-state index contributed by atoms with van der Waals surface area (Å²) < 4.78 is 6.34. The number of nitrogens with zero attached hydrogens (tertiary/aromatic N) is 4. The van der Waals surface area contributed by atoms with Gasteiger partial charge < -0.3 is 10.1 Å². The van der Waals surface area contributed by atoms with Crippen LogP contribution in [0.25, 0.3) is 0 Å². The van der Waals surface area contributed by atoms with Crippen LogP contribution in [0.5, 0.6) is 5.75 Å². The van der Waals surface area contributed by atoms with Gasteiger partial charge >= 0.3 is 5.69 Å². The van der Waals surface area contributed by atoms with E-state index >= 15 is 0 Å². The van der Waals surface area contributed by atoms with Gasteiger partial charge in [0, 0.05) is 0 Å². The van der Waals surface area contributed by atoms with E-state index in [0.717, 1.165) is 10.9 Å². The number of carbonyl (C=O) groups excluding carboxylic acids is 1. The second kappa shape index (κ2) is 7.38. The van der Waals surface area contributed by atoms with Crippen molar-refractivity contribution in [1.82, 2.24) is 9.78 Å². The van der Waals surface area contributed by atoms with Crippen LogP contribution in [0.3, 0.4) is 0 Å². The van der Waals surface area contributed by atoms with Gasteiger partial charge in [-0.05, 0) is 26.0 Å². The van der Waals surface area contributed by atoms with Crippen LogP contribution >= 0.6 is 0 Å². The Bertz CT molecular complexity index is 831. The molecule has 11 heteroatoms. The maximum absolute atomic E-state index is 12.1. The average Bonchev–Trinajstić information content (AvgIpc) is 2.90. The smallest absolute Gasteiger partial charge is 0.309 e. The lowest BCUT2D eigenvalue weighted by Crippen LogP contribution is -2.20. The monoisotopic (exact) mass is 349 g/mol. The normalized spacial score (nSPS) is 10.3. The number of nitro groups is 2. The molecular weight excluding hydrogens is 334 g/mol. The highest BCUT2D eigenvalue weighted by Crippen LogP contribution is 2.29. The number of benzene rings is 1. The van der Waals surface area contributed by atoms with Gasteiger partial charge in [0.2, 0.25) is 5.91 Å². The summed E-state index contributed by atoms with van der Waals surface area (Å²) in [4.78, 5) is 32.8. The van der Waals surface area contributed by atoms with E-state index in [1.54, 1.807) is 6.92 Å². The molecular formula is C14H15N5O6. The van der Waals surface area contributed by atoms with Crippen LogP contribution in [-0.2, 0) is 11.3 Å². The highest BCUT2D eigenvalue weighted by Gasteiger charge is 2.20. The van der Waals surface area contributed by atoms with Crippen molar-refractivity contribution in [1.29, 1.82) is 0 Å². The van der Waals surface area contributed by atoms with E-state index in [-0.39, 0.29) is 29.3 Å². The Morgan fingerprint density at radius 2 is 1.96 bits per heavy atom. The van der Waals surface area contributed by atoms with Crippen LogP contribution in [0.2, 0.25) is 0 Å². The molecule has 1 heterocycles. The van der Waals surface area contributed by atoms with Crippen molar-refractivity contribution in [2.24, 2.45) is 0 Å². The molecule has 11 nitrogen and oxygen atoms in total. The Hall–Kier alpha value is -3.50. The third kappa shape index (κ3) is 4.07. The van der Waals surface area contributed by atoms with E-state index in [9.17, 15) is 25.0 Å². The summed E-state index contributed by atoms with van der Waals surface area (Å²) in [5.41, 5.74) is -0.318. The lowest BCUT2D eigenvalue weighted by atomic mass is 10.2. The van der Waals surface area contributed by atoms with Gasteiger partial charge in [0.1, 0.15) is 29.9 Å². The first kappa shape index (κ1) is 17.8. The van der Waals surface area contributed by atoms with Crippen molar-refractivity contribution >= 4 is 23.0 Å². The van der Waals surface area contributed by atoms with E-state index in [0.29, 0.717) is 12.4 Å². The Kier molecular flexibility index (Phi) is 5.27. The molecule has 0 aliphatic heterocycles. The van der Waals surface area contributed by atoms with Gasteiger partial charge in [-0.2, -0.15) is 5.10 Å². The lowest BCUT2D eigenvalue weighted by molar-refractivity contribution is -0.385. The van der Waals surface area contributed by atoms with Gasteiger partial charge in [-0.15, -0.1) is 0 Å². The Morgan fingerprint density at radius 3 is 2.52 bits per heavy atom. The topological polar surface area (TPSA) is 142 Å². The maximum Gasteiger partial charge on any atom is 0.309 e. The molecule has 2 rings (SSSR count). The van der Waals surface area contributed by atoms with Crippen LogP contribution in [0.1, 0.15) is 12.6 Å². The van der Waals surface area contributed by atoms with Crippen LogP contribution in [0, 0.1) is 27.2 Å². The van der Waals surface area contributed by atoms with Gasteiger partial charge in [0.15, 0.2) is 0 Å². The second-order valence-electron chi connectivity index (χ2n) is 4.95. The van der Waals surface area contributed by atoms with E-state index in [4.69, 9.17) is 4.74 Å². The van der Waals surface area contributed by atoms with Gasteiger partial charge in [-0.25, -0.2) is 0 Å². The zero-order valence-corrected chi connectivity index (χ0v) is 13.5. The van der Waals surface area contributed by atoms with E-state index < -0.39 is 15.8 Å². The number of hydrogen-bond acceptors (Lipinski definition) is 7. The fraction of sp³-hybridized carbons (Fsp3) is 0.286. The number of ether oxygens (including phenoxy) is 1. The van der Waals surface area contributed by atoms with Crippen LogP contribution in [-0.4, -0.2) is 32.1 Å². The molecule has 0 saturated carbocycles. The fourth-order valence-electron chi connectivity index (χ4n) is 2.13. The predicted molar refractivity (Wildman–Crippen MR) is 86.5 cm³/mol. The minimum absolute atomic E-state index is 0.00207. The molecule has 2 aromatic rings. The minimum atomic E-state index is -0.637. The Morgan fingerprint density at radius 1 is 1.28 bits per heavy atom. The predicted octanol–water partition coefficient (Wildman–Crippen LogP) is 2.05. The summed E-state index contributed by atoms with van der Waals surface area (Å²) in [7, 11) is 0. The zero-order chi connectivity index (χ0) is 18.6. The Balaban J connectivity index is 2.17. The van der Waals surface area contributed by atoms with Crippen molar-refractivity contribution < 1.29 is 19.4 Å². The molecule has 0 unspecified atom stereocenters. The first-order valence-corrected chi connectivity index (χ1v) is 7.21. The number of rotatable bonds is 7. The summed E-state index contributed by atoms with van der Waals surface area (Å²) >= 11 is 0. The first-order chi connectivity index (χ1) is 11.8. The Labute approximate surface area is 141 Å². The largest absolute Gasteiger partial charge is 0.494 e. The highest BCUT2D eigenvalue weighted by atomic mass is 16.6. The third-order valence-corrected chi connectivity index (χ3v) is 3.32. The molecule has 0 spiro atoms. The number of nitro benzene ring substituents is 1. The standard InChI is InChI=1S/C14H15N5O6/c1-3-25-10-4-5-11(12(6-10)18(21)22)16-14(20)8-17-9(2)13(7-15-17)19(23)24/h4-7H,3,8H2,1-2H3,(H,16,20). The highest BCUT2D eigenvalue weighted by molar-refractivity contribution is 5.93. The summed E-state index contributed by atoms with van der Waals surface area (Å²) in [6, 6.07) is 4.07. The van der Waals surface area contributed by atoms with E-state index in [1.807, 2.05) is 0 Å². The van der Waals surface area contributed by atoms with Crippen molar-refractivity contribution in [3.63, 3.8) is 0 Å². The molecule has 1 aromatic carbocycles. The average molecular weight is 349 g/mol. The molecule has 1 amide bonds. The van der Waals surface area contributed by atoms with Gasteiger partial charge in [-0.1, -0.05) is 0 Å². The molecule has 1 aromatic heterocycles. The molecule has 25 heavy (non-hydrogen) atoms. The van der Waals surface area contributed by atoms with Crippen molar-refractivity contribution in [2.75, 3.05) is 11.9 Å². The molecule has 1 N–H and O–H groups in total. The number of carbonyl (C=O) groups is 1. The molecule has 0 saturated heterocycles. The summed E-state index contributed by atoms with van der Waals surface area (Å²) in [5.74, 6) is -0.292. The first-order valence-electron chi connectivity index (χ1n) is 7.21. The third-order valence-electron chi connectivity index (χ3n) is 3.32. The fourth-order valence-corrected chi connectivity index (χ4v) is 2.13. The second-order valence-corrected chi connectivity index (χ2v) is 4.95. The number of amides is 1. The quantitative estimate of drug-likeness (QED) is 0.595. The number of hydrogen-bond donors (Lipinski definition) is 1. The van der Waals surface area contributed by atoms with Gasteiger partial charge in [0.05, 0.1) is 22.5 Å². The summed E-state index contributed by atoms with van der Waals surface area (Å²) in [6.07, 6.45) is 1.04. The number of nitrogens with one attached hydrogen (secondary N) is 1.